The van der Waals surface area contributed by atoms with E-state index in [0.29, 0.717) is 5.92 Å². The summed E-state index contributed by atoms with van der Waals surface area (Å²) >= 11 is 0. The van der Waals surface area contributed by atoms with Gasteiger partial charge in [0.05, 0.1) is 0 Å². The molecule has 2 nitrogen and oxygen atoms in total. The first-order valence-corrected chi connectivity index (χ1v) is 4.35. The van der Waals surface area contributed by atoms with Crippen LogP contribution in [-0.2, 0) is 0 Å². The van der Waals surface area contributed by atoms with E-state index in [-0.39, 0.29) is 0 Å². The lowest BCUT2D eigenvalue weighted by Gasteiger charge is -2.03. The molecule has 68 valence electrons. The Hall–Kier alpha value is -0.500. The summed E-state index contributed by atoms with van der Waals surface area (Å²) in [7, 11) is 0. The molecular formula is C9H22N2. The number of hydrogen-bond donors (Lipinski definition) is 2. The van der Waals surface area contributed by atoms with Gasteiger partial charge >= 0.3 is 0 Å². The van der Waals surface area contributed by atoms with Crippen molar-refractivity contribution in [1.29, 1.82) is 0 Å². The van der Waals surface area contributed by atoms with Crippen LogP contribution in [-0.4, -0.2) is 0 Å². The minimum atomic E-state index is 0.626. The Kier molecular flexibility index (Phi) is 11.3. The van der Waals surface area contributed by atoms with E-state index < -0.39 is 0 Å². The van der Waals surface area contributed by atoms with Crippen molar-refractivity contribution < 1.29 is 0 Å². The Morgan fingerprint density at radius 2 is 2.00 bits per heavy atom. The van der Waals surface area contributed by atoms with Crippen molar-refractivity contribution in [3.8, 4) is 0 Å². The molecule has 0 amide bonds. The first-order chi connectivity index (χ1) is 5.20. The van der Waals surface area contributed by atoms with Crippen molar-refractivity contribution in [3.63, 3.8) is 0 Å². The summed E-state index contributed by atoms with van der Waals surface area (Å²) in [6, 6.07) is 0. The smallest absolute Gasteiger partial charge is 0.0191 e. The molecule has 0 saturated carbocycles. The molecule has 0 saturated heterocycles. The quantitative estimate of drug-likeness (QED) is 0.489. The maximum absolute atomic E-state index is 5.16. The summed E-state index contributed by atoms with van der Waals surface area (Å²) in [5.74, 6) is 5.78. The van der Waals surface area contributed by atoms with Gasteiger partial charge in [-0.05, 0) is 12.8 Å². The van der Waals surface area contributed by atoms with E-state index in [0.717, 1.165) is 5.70 Å². The third kappa shape index (κ3) is 9.50. The SMILES string of the molecule is CC.CCC(C)/C=C(\C)NN. The molecule has 0 heterocycles. The Bertz CT molecular complexity index is 97.7. The van der Waals surface area contributed by atoms with Gasteiger partial charge < -0.3 is 5.43 Å². The van der Waals surface area contributed by atoms with Gasteiger partial charge in [-0.3, -0.25) is 5.84 Å². The second-order valence-corrected chi connectivity index (χ2v) is 2.38. The first-order valence-electron chi connectivity index (χ1n) is 4.35. The van der Waals surface area contributed by atoms with Crippen LogP contribution < -0.4 is 11.3 Å². The molecule has 0 aromatic rings. The number of nitrogens with one attached hydrogen (secondary N) is 1. The lowest BCUT2D eigenvalue weighted by atomic mass is 10.1. The number of nitrogens with two attached hydrogens (primary N) is 1. The molecule has 0 aromatic carbocycles. The molecule has 0 aliphatic heterocycles. The zero-order valence-electron chi connectivity index (χ0n) is 8.44. The molecule has 0 aliphatic rings. The predicted molar refractivity (Wildman–Crippen MR) is 51.9 cm³/mol. The molecule has 1 atom stereocenters. The van der Waals surface area contributed by atoms with Crippen LogP contribution in [0.2, 0.25) is 0 Å². The van der Waals surface area contributed by atoms with Crippen molar-refractivity contribution in [2.45, 2.75) is 41.0 Å². The second kappa shape index (κ2) is 9.50. The van der Waals surface area contributed by atoms with Gasteiger partial charge in [-0.2, -0.15) is 0 Å². The third-order valence-electron chi connectivity index (χ3n) is 1.41. The molecule has 0 fully saturated rings. The lowest BCUT2D eigenvalue weighted by Crippen LogP contribution is -2.19. The van der Waals surface area contributed by atoms with Gasteiger partial charge in [-0.25, -0.2) is 0 Å². The Balaban J connectivity index is 0. The van der Waals surface area contributed by atoms with Crippen molar-refractivity contribution in [1.82, 2.24) is 5.43 Å². The van der Waals surface area contributed by atoms with Crippen LogP contribution in [0.15, 0.2) is 11.8 Å². The molecule has 0 radical (unpaired) electrons. The van der Waals surface area contributed by atoms with Gasteiger partial charge in [0, 0.05) is 5.70 Å². The summed E-state index contributed by atoms with van der Waals surface area (Å²) in [5, 5.41) is 0. The number of rotatable bonds is 3. The summed E-state index contributed by atoms with van der Waals surface area (Å²) < 4.78 is 0. The Morgan fingerprint density at radius 3 is 2.27 bits per heavy atom. The van der Waals surface area contributed by atoms with Crippen molar-refractivity contribution in [2.75, 3.05) is 0 Å². The zero-order valence-corrected chi connectivity index (χ0v) is 8.44. The molecule has 2 heteroatoms. The number of hydrogen-bond acceptors (Lipinski definition) is 2. The number of hydrazine groups is 1. The minimum Gasteiger partial charge on any atom is -0.329 e. The van der Waals surface area contributed by atoms with Gasteiger partial charge in [-0.1, -0.05) is 40.2 Å². The standard InChI is InChI=1S/C7H16N2.C2H6/c1-4-6(2)5-7(3)9-8;1-2/h5-6,9H,4,8H2,1-3H3;1-2H3/b7-5+;. The van der Waals surface area contributed by atoms with Gasteiger partial charge in [0.25, 0.3) is 0 Å². The molecule has 0 aliphatic carbocycles. The first kappa shape index (κ1) is 13.1. The highest BCUT2D eigenvalue weighted by Crippen LogP contribution is 2.03. The van der Waals surface area contributed by atoms with Crippen LogP contribution in [0.5, 0.6) is 0 Å². The van der Waals surface area contributed by atoms with Crippen molar-refractivity contribution in [2.24, 2.45) is 11.8 Å². The monoisotopic (exact) mass is 158 g/mol. The molecule has 0 bridgehead atoms. The fourth-order valence-electron chi connectivity index (χ4n) is 0.593. The Labute approximate surface area is 70.8 Å². The molecule has 0 aromatic heterocycles. The highest BCUT2D eigenvalue weighted by atomic mass is 15.2. The van der Waals surface area contributed by atoms with E-state index in [4.69, 9.17) is 5.84 Å². The summed E-state index contributed by atoms with van der Waals surface area (Å²) in [5.41, 5.74) is 3.64. The van der Waals surface area contributed by atoms with Crippen LogP contribution in [0, 0.1) is 5.92 Å². The average Bonchev–Trinajstić information content (AvgIpc) is 2.07. The van der Waals surface area contributed by atoms with Gasteiger partial charge in [0.2, 0.25) is 0 Å². The maximum atomic E-state index is 5.16. The van der Waals surface area contributed by atoms with Crippen LogP contribution in [0.25, 0.3) is 0 Å². The normalized spacial score (nSPS) is 13.1. The Morgan fingerprint density at radius 1 is 1.55 bits per heavy atom. The van der Waals surface area contributed by atoms with Gasteiger partial charge in [-0.15, -0.1) is 0 Å². The van der Waals surface area contributed by atoms with Crippen LogP contribution >= 0.6 is 0 Å². The molecule has 11 heavy (non-hydrogen) atoms. The van der Waals surface area contributed by atoms with Gasteiger partial charge in [0.15, 0.2) is 0 Å². The van der Waals surface area contributed by atoms with Crippen LogP contribution in [0.3, 0.4) is 0 Å². The van der Waals surface area contributed by atoms with E-state index in [1.807, 2.05) is 20.8 Å². The topological polar surface area (TPSA) is 38.0 Å². The summed E-state index contributed by atoms with van der Waals surface area (Å²) in [6.07, 6.45) is 3.29. The highest BCUT2D eigenvalue weighted by molar-refractivity contribution is 4.95. The van der Waals surface area contributed by atoms with E-state index in [1.54, 1.807) is 0 Å². The predicted octanol–water partition coefficient (Wildman–Crippen LogP) is 2.43. The number of allylic oxidation sites excluding steroid dienone is 2. The molecular weight excluding hydrogens is 136 g/mol. The molecule has 0 spiro atoms. The molecule has 1 unspecified atom stereocenters. The molecule has 3 N–H and O–H groups in total. The zero-order chi connectivity index (χ0) is 9.28. The maximum Gasteiger partial charge on any atom is 0.0191 e. The van der Waals surface area contributed by atoms with Crippen LogP contribution in [0.4, 0.5) is 0 Å². The van der Waals surface area contributed by atoms with Gasteiger partial charge in [0.1, 0.15) is 0 Å². The van der Waals surface area contributed by atoms with E-state index in [9.17, 15) is 0 Å². The van der Waals surface area contributed by atoms with Crippen molar-refractivity contribution >= 4 is 0 Å². The average molecular weight is 158 g/mol. The van der Waals surface area contributed by atoms with E-state index in [1.165, 1.54) is 6.42 Å². The summed E-state index contributed by atoms with van der Waals surface area (Å²) in [4.78, 5) is 0. The van der Waals surface area contributed by atoms with E-state index in [2.05, 4.69) is 25.3 Å². The lowest BCUT2D eigenvalue weighted by molar-refractivity contribution is 0.681. The fourth-order valence-corrected chi connectivity index (χ4v) is 0.593. The molecule has 0 rings (SSSR count). The fraction of sp³-hybridized carbons (Fsp3) is 0.778. The van der Waals surface area contributed by atoms with Crippen molar-refractivity contribution in [3.05, 3.63) is 11.8 Å². The second-order valence-electron chi connectivity index (χ2n) is 2.38. The minimum absolute atomic E-state index is 0.626. The highest BCUT2D eigenvalue weighted by Gasteiger charge is 1.91. The largest absolute Gasteiger partial charge is 0.329 e. The third-order valence-corrected chi connectivity index (χ3v) is 1.41. The van der Waals surface area contributed by atoms with E-state index >= 15 is 0 Å². The summed E-state index contributed by atoms with van der Waals surface area (Å²) in [6.45, 7) is 10.3. The van der Waals surface area contributed by atoms with Crippen LogP contribution in [0.1, 0.15) is 41.0 Å².